The summed E-state index contributed by atoms with van der Waals surface area (Å²) >= 11 is 0. The van der Waals surface area contributed by atoms with Crippen LogP contribution in [0.5, 0.6) is 0 Å². The second kappa shape index (κ2) is 5.84. The molecule has 0 atom stereocenters. The van der Waals surface area contributed by atoms with Gasteiger partial charge in [0.1, 0.15) is 0 Å². The Morgan fingerprint density at radius 1 is 1.08 bits per heavy atom. The third-order valence-corrected chi connectivity index (χ3v) is 1.56. The van der Waals surface area contributed by atoms with E-state index in [0.29, 0.717) is 0 Å². The molecular formula is C10H13ClMg. The first-order valence-corrected chi connectivity index (χ1v) is 3.51. The van der Waals surface area contributed by atoms with Crippen LogP contribution < -0.4 is 12.4 Å². The maximum Gasteiger partial charge on any atom is 2.00 e. The Hall–Kier alpha value is 0.276. The van der Waals surface area contributed by atoms with Gasteiger partial charge in [-0.15, -0.1) is 5.41 Å². The van der Waals surface area contributed by atoms with Gasteiger partial charge in [-0.3, -0.25) is 0 Å². The van der Waals surface area contributed by atoms with Gasteiger partial charge in [0.25, 0.3) is 0 Å². The van der Waals surface area contributed by atoms with Crippen molar-refractivity contribution in [2.45, 2.75) is 19.3 Å². The van der Waals surface area contributed by atoms with E-state index >= 15 is 0 Å². The van der Waals surface area contributed by atoms with E-state index < -0.39 is 0 Å². The molecule has 0 fully saturated rings. The van der Waals surface area contributed by atoms with Gasteiger partial charge in [0, 0.05) is 0 Å². The Balaban J connectivity index is 0. The average molecular weight is 193 g/mol. The van der Waals surface area contributed by atoms with Crippen molar-refractivity contribution in [3.8, 4) is 0 Å². The van der Waals surface area contributed by atoms with Gasteiger partial charge >= 0.3 is 23.1 Å². The molecule has 0 bridgehead atoms. The van der Waals surface area contributed by atoms with Crippen molar-refractivity contribution in [1.29, 1.82) is 0 Å². The molecule has 0 N–H and O–H groups in total. The molecule has 0 unspecified atom stereocenters. The van der Waals surface area contributed by atoms with Crippen LogP contribution in [0.4, 0.5) is 0 Å². The summed E-state index contributed by atoms with van der Waals surface area (Å²) in [7, 11) is 0. The average Bonchev–Trinajstić information content (AvgIpc) is 1.88. The molecule has 1 aromatic carbocycles. The van der Waals surface area contributed by atoms with Crippen LogP contribution in [0.15, 0.2) is 30.3 Å². The van der Waals surface area contributed by atoms with Crippen LogP contribution in [0.1, 0.15) is 19.4 Å². The maximum atomic E-state index is 4.04. The third kappa shape index (κ3) is 4.34. The fourth-order valence-electron chi connectivity index (χ4n) is 0.889. The molecule has 0 heterocycles. The monoisotopic (exact) mass is 192 g/mol. The SMILES string of the molecule is [CH2-]C(C)(C)c1ccccc1.[Cl-].[Mg+2]. The molecular weight excluding hydrogens is 180 g/mol. The van der Waals surface area contributed by atoms with E-state index in [4.69, 9.17) is 0 Å². The number of hydrogen-bond donors (Lipinski definition) is 0. The van der Waals surface area contributed by atoms with Crippen LogP contribution in [0, 0.1) is 6.92 Å². The van der Waals surface area contributed by atoms with Crippen molar-refractivity contribution >= 4 is 23.1 Å². The van der Waals surface area contributed by atoms with Gasteiger partial charge < -0.3 is 19.3 Å². The summed E-state index contributed by atoms with van der Waals surface area (Å²) in [6.07, 6.45) is 0. The molecule has 12 heavy (non-hydrogen) atoms. The van der Waals surface area contributed by atoms with Gasteiger partial charge in [-0.25, -0.2) is 0 Å². The fraction of sp³-hybridized carbons (Fsp3) is 0.300. The molecule has 0 amide bonds. The van der Waals surface area contributed by atoms with Gasteiger partial charge in [0.15, 0.2) is 0 Å². The summed E-state index contributed by atoms with van der Waals surface area (Å²) in [6.45, 7) is 8.27. The first-order valence-electron chi connectivity index (χ1n) is 3.51. The zero-order valence-corrected chi connectivity index (χ0v) is 9.85. The third-order valence-electron chi connectivity index (χ3n) is 1.56. The van der Waals surface area contributed by atoms with Gasteiger partial charge in [-0.05, 0) is 0 Å². The Morgan fingerprint density at radius 2 is 1.50 bits per heavy atom. The molecule has 0 nitrogen and oxygen atoms in total. The predicted molar refractivity (Wildman–Crippen MR) is 50.6 cm³/mol. The van der Waals surface area contributed by atoms with Gasteiger partial charge in [-0.2, -0.15) is 0 Å². The second-order valence-electron chi connectivity index (χ2n) is 3.25. The molecule has 0 spiro atoms. The molecule has 62 valence electrons. The summed E-state index contributed by atoms with van der Waals surface area (Å²) in [5, 5.41) is 0. The quantitative estimate of drug-likeness (QED) is 0.413. The van der Waals surface area contributed by atoms with E-state index in [2.05, 4.69) is 32.9 Å². The topological polar surface area (TPSA) is 0 Å². The summed E-state index contributed by atoms with van der Waals surface area (Å²) in [6, 6.07) is 10.3. The summed E-state index contributed by atoms with van der Waals surface area (Å²) in [4.78, 5) is 0. The maximum absolute atomic E-state index is 4.04. The first kappa shape index (κ1) is 14.8. The van der Waals surface area contributed by atoms with Crippen molar-refractivity contribution in [3.63, 3.8) is 0 Å². The van der Waals surface area contributed by atoms with Gasteiger partial charge in [0.05, 0.1) is 0 Å². The predicted octanol–water partition coefficient (Wildman–Crippen LogP) is -0.579. The van der Waals surface area contributed by atoms with Crippen LogP contribution in [0.2, 0.25) is 0 Å². The van der Waals surface area contributed by atoms with Crippen LogP contribution in [-0.2, 0) is 5.41 Å². The normalized spacial score (nSPS) is 9.58. The van der Waals surface area contributed by atoms with E-state index in [1.165, 1.54) is 5.56 Å². The van der Waals surface area contributed by atoms with Crippen LogP contribution in [-0.4, -0.2) is 23.1 Å². The van der Waals surface area contributed by atoms with E-state index in [9.17, 15) is 0 Å². The first-order chi connectivity index (χ1) is 4.61. The molecule has 2 heteroatoms. The Kier molecular flexibility index (Phi) is 7.20. The molecule has 0 aliphatic heterocycles. The van der Waals surface area contributed by atoms with Crippen LogP contribution in [0.3, 0.4) is 0 Å². The Bertz CT molecular complexity index is 201. The van der Waals surface area contributed by atoms with Crippen LogP contribution in [0.25, 0.3) is 0 Å². The van der Waals surface area contributed by atoms with Crippen molar-refractivity contribution in [2.24, 2.45) is 0 Å². The zero-order valence-electron chi connectivity index (χ0n) is 7.68. The van der Waals surface area contributed by atoms with E-state index in [-0.39, 0.29) is 40.9 Å². The largest absolute Gasteiger partial charge is 2.00 e. The van der Waals surface area contributed by atoms with E-state index in [1.807, 2.05) is 18.2 Å². The standard InChI is InChI=1S/C10H13.ClH.Mg/c1-10(2,3)9-7-5-4-6-8-9;;/h4-8H,1H2,2-3H3;1H;/q-1;;+2/p-1. The molecule has 0 aliphatic rings. The number of benzene rings is 1. The minimum atomic E-state index is 0. The zero-order chi connectivity index (χ0) is 7.61. The molecule has 0 saturated carbocycles. The Labute approximate surface area is 97.3 Å². The smallest absolute Gasteiger partial charge is 1.00 e. The molecule has 0 saturated heterocycles. The summed E-state index contributed by atoms with van der Waals surface area (Å²) in [5.41, 5.74) is 1.33. The second-order valence-corrected chi connectivity index (χ2v) is 3.25. The van der Waals surface area contributed by atoms with E-state index in [0.717, 1.165) is 0 Å². The van der Waals surface area contributed by atoms with E-state index in [1.54, 1.807) is 0 Å². The van der Waals surface area contributed by atoms with Gasteiger partial charge in [0.2, 0.25) is 0 Å². The molecule has 0 aliphatic carbocycles. The minimum absolute atomic E-state index is 0. The van der Waals surface area contributed by atoms with Crippen molar-refractivity contribution < 1.29 is 12.4 Å². The molecule has 0 radical (unpaired) electrons. The van der Waals surface area contributed by atoms with Gasteiger partial charge in [-0.1, -0.05) is 49.7 Å². The van der Waals surface area contributed by atoms with Crippen molar-refractivity contribution in [2.75, 3.05) is 0 Å². The van der Waals surface area contributed by atoms with Crippen molar-refractivity contribution in [1.82, 2.24) is 0 Å². The van der Waals surface area contributed by atoms with Crippen LogP contribution >= 0.6 is 0 Å². The molecule has 0 aromatic heterocycles. The number of rotatable bonds is 1. The Morgan fingerprint density at radius 3 is 1.75 bits per heavy atom. The number of halogens is 1. The summed E-state index contributed by atoms with van der Waals surface area (Å²) in [5.74, 6) is 0. The molecule has 1 rings (SSSR count). The van der Waals surface area contributed by atoms with Crippen molar-refractivity contribution in [3.05, 3.63) is 42.8 Å². The fourth-order valence-corrected chi connectivity index (χ4v) is 0.889. The molecule has 1 aromatic rings. The minimum Gasteiger partial charge on any atom is -1.00 e. The summed E-state index contributed by atoms with van der Waals surface area (Å²) < 4.78 is 0. The number of hydrogen-bond acceptors (Lipinski definition) is 0.